The molecule has 0 saturated carbocycles. The zero-order chi connectivity index (χ0) is 15.4. The van der Waals surface area contributed by atoms with E-state index >= 15 is 0 Å². The molecule has 0 atom stereocenters. The lowest BCUT2D eigenvalue weighted by atomic mass is 10.1. The molecule has 0 fully saturated rings. The molecule has 21 heavy (non-hydrogen) atoms. The molecule has 1 amide bonds. The summed E-state index contributed by atoms with van der Waals surface area (Å²) in [5.41, 5.74) is 0. The van der Waals surface area contributed by atoms with Crippen LogP contribution in [0.2, 0.25) is 0 Å². The SMILES string of the molecule is CCC(CC)N(CCO)C(=O)c1cc2ccc(F)cc2s1. The Balaban J connectivity index is 2.33. The molecule has 0 aliphatic rings. The summed E-state index contributed by atoms with van der Waals surface area (Å²) in [5, 5.41) is 10.1. The molecule has 0 radical (unpaired) electrons. The number of amides is 1. The van der Waals surface area contributed by atoms with Gasteiger partial charge in [-0.3, -0.25) is 4.79 Å². The predicted octanol–water partition coefficient (Wildman–Crippen LogP) is 3.66. The molecular weight excluding hydrogens is 289 g/mol. The van der Waals surface area contributed by atoms with Crippen LogP contribution in [0.4, 0.5) is 4.39 Å². The van der Waals surface area contributed by atoms with Crippen LogP contribution < -0.4 is 0 Å². The van der Waals surface area contributed by atoms with E-state index < -0.39 is 0 Å². The van der Waals surface area contributed by atoms with Gasteiger partial charge in [-0.1, -0.05) is 19.9 Å². The summed E-state index contributed by atoms with van der Waals surface area (Å²) in [4.78, 5) is 15.0. The monoisotopic (exact) mass is 309 g/mol. The first-order valence-corrected chi connectivity index (χ1v) is 8.03. The van der Waals surface area contributed by atoms with Gasteiger partial charge in [0.25, 0.3) is 5.91 Å². The molecule has 1 aromatic carbocycles. The normalized spacial score (nSPS) is 11.3. The van der Waals surface area contributed by atoms with Gasteiger partial charge in [-0.2, -0.15) is 0 Å². The number of fused-ring (bicyclic) bond motifs is 1. The van der Waals surface area contributed by atoms with Crippen LogP contribution in [0.3, 0.4) is 0 Å². The van der Waals surface area contributed by atoms with Gasteiger partial charge in [-0.05, 0) is 36.4 Å². The van der Waals surface area contributed by atoms with Crippen molar-refractivity contribution in [1.82, 2.24) is 4.90 Å². The number of nitrogens with zero attached hydrogens (tertiary/aromatic N) is 1. The number of benzene rings is 1. The van der Waals surface area contributed by atoms with E-state index in [9.17, 15) is 14.3 Å². The fourth-order valence-electron chi connectivity index (χ4n) is 2.54. The van der Waals surface area contributed by atoms with Crippen LogP contribution in [0.15, 0.2) is 24.3 Å². The largest absolute Gasteiger partial charge is 0.395 e. The maximum absolute atomic E-state index is 13.2. The van der Waals surface area contributed by atoms with Gasteiger partial charge < -0.3 is 10.0 Å². The second-order valence-corrected chi connectivity index (χ2v) is 6.07. The zero-order valence-electron chi connectivity index (χ0n) is 12.3. The summed E-state index contributed by atoms with van der Waals surface area (Å²) in [5.74, 6) is -0.380. The lowest BCUT2D eigenvalue weighted by Gasteiger charge is -2.29. The van der Waals surface area contributed by atoms with E-state index in [1.165, 1.54) is 23.5 Å². The summed E-state index contributed by atoms with van der Waals surface area (Å²) in [7, 11) is 0. The molecule has 3 nitrogen and oxygen atoms in total. The van der Waals surface area contributed by atoms with Crippen molar-refractivity contribution in [2.45, 2.75) is 32.7 Å². The summed E-state index contributed by atoms with van der Waals surface area (Å²) >= 11 is 1.30. The number of carbonyl (C=O) groups is 1. The van der Waals surface area contributed by atoms with Crippen molar-refractivity contribution >= 4 is 27.3 Å². The molecule has 0 aliphatic carbocycles. The van der Waals surface area contributed by atoms with Crippen LogP contribution in [0, 0.1) is 5.82 Å². The van der Waals surface area contributed by atoms with Gasteiger partial charge >= 0.3 is 0 Å². The quantitative estimate of drug-likeness (QED) is 0.884. The third kappa shape index (κ3) is 3.41. The standard InChI is InChI=1S/C16H20FNO2S/c1-3-13(4-2)18(7-8-19)16(20)15-9-11-5-6-12(17)10-14(11)21-15/h5-6,9-10,13,19H,3-4,7-8H2,1-2H3. The molecule has 0 aliphatic heterocycles. The van der Waals surface area contributed by atoms with Crippen LogP contribution >= 0.6 is 11.3 Å². The Morgan fingerprint density at radius 1 is 1.33 bits per heavy atom. The van der Waals surface area contributed by atoms with Gasteiger partial charge in [-0.25, -0.2) is 4.39 Å². The maximum Gasteiger partial charge on any atom is 0.264 e. The number of aliphatic hydroxyl groups is 1. The van der Waals surface area contributed by atoms with E-state index in [2.05, 4.69) is 0 Å². The van der Waals surface area contributed by atoms with Gasteiger partial charge in [0.05, 0.1) is 11.5 Å². The molecule has 114 valence electrons. The number of halogens is 1. The fraction of sp³-hybridized carbons (Fsp3) is 0.438. The summed E-state index contributed by atoms with van der Waals surface area (Å²) < 4.78 is 14.0. The maximum atomic E-state index is 13.2. The molecule has 2 aromatic rings. The molecule has 1 N–H and O–H groups in total. The van der Waals surface area contributed by atoms with Crippen molar-refractivity contribution in [2.24, 2.45) is 0 Å². The van der Waals surface area contributed by atoms with Crippen molar-refractivity contribution in [2.75, 3.05) is 13.2 Å². The summed E-state index contributed by atoms with van der Waals surface area (Å²) in [6.07, 6.45) is 1.70. The van der Waals surface area contributed by atoms with Gasteiger partial charge in [0, 0.05) is 17.3 Å². The van der Waals surface area contributed by atoms with E-state index in [0.717, 1.165) is 22.9 Å². The van der Waals surface area contributed by atoms with Crippen molar-refractivity contribution in [1.29, 1.82) is 0 Å². The van der Waals surface area contributed by atoms with Gasteiger partial charge in [0.2, 0.25) is 0 Å². The number of aliphatic hydroxyl groups excluding tert-OH is 1. The molecule has 1 aromatic heterocycles. The fourth-order valence-corrected chi connectivity index (χ4v) is 3.58. The Labute approximate surface area is 128 Å². The Morgan fingerprint density at radius 3 is 2.67 bits per heavy atom. The molecule has 0 unspecified atom stereocenters. The highest BCUT2D eigenvalue weighted by Crippen LogP contribution is 2.28. The first-order valence-electron chi connectivity index (χ1n) is 7.21. The van der Waals surface area contributed by atoms with E-state index in [4.69, 9.17) is 0 Å². The van der Waals surface area contributed by atoms with Crippen molar-refractivity contribution < 1.29 is 14.3 Å². The number of carbonyl (C=O) groups excluding carboxylic acids is 1. The summed E-state index contributed by atoms with van der Waals surface area (Å²) in [6.45, 7) is 4.34. The second-order valence-electron chi connectivity index (χ2n) is 4.99. The molecule has 0 bridgehead atoms. The van der Waals surface area contributed by atoms with Crippen LogP contribution in [0.25, 0.3) is 10.1 Å². The first-order chi connectivity index (χ1) is 10.1. The molecular formula is C16H20FNO2S. The van der Waals surface area contributed by atoms with Crippen molar-refractivity contribution in [3.8, 4) is 0 Å². The number of thiophene rings is 1. The third-order valence-corrected chi connectivity index (χ3v) is 4.76. The second kappa shape index (κ2) is 7.00. The molecule has 2 rings (SSSR count). The Kier molecular flexibility index (Phi) is 5.31. The van der Waals surface area contributed by atoms with Gasteiger partial charge in [0.1, 0.15) is 5.82 Å². The number of hydrogen-bond acceptors (Lipinski definition) is 3. The van der Waals surface area contributed by atoms with Gasteiger partial charge in [0.15, 0.2) is 0 Å². The third-order valence-electron chi connectivity index (χ3n) is 3.68. The van der Waals surface area contributed by atoms with E-state index in [-0.39, 0.29) is 24.4 Å². The van der Waals surface area contributed by atoms with Crippen LogP contribution in [-0.4, -0.2) is 35.1 Å². The Hall–Kier alpha value is -1.46. The highest BCUT2D eigenvalue weighted by molar-refractivity contribution is 7.20. The minimum absolute atomic E-state index is 0.0538. The smallest absolute Gasteiger partial charge is 0.264 e. The van der Waals surface area contributed by atoms with Crippen LogP contribution in [-0.2, 0) is 0 Å². The predicted molar refractivity (Wildman–Crippen MR) is 84.3 cm³/mol. The van der Waals surface area contributed by atoms with Crippen LogP contribution in [0.5, 0.6) is 0 Å². The Bertz CT molecular complexity index is 622. The molecule has 0 spiro atoms. The highest BCUT2D eigenvalue weighted by atomic mass is 32.1. The molecule has 5 heteroatoms. The van der Waals surface area contributed by atoms with Crippen LogP contribution in [0.1, 0.15) is 36.4 Å². The molecule has 1 heterocycles. The minimum Gasteiger partial charge on any atom is -0.395 e. The molecule has 0 saturated heterocycles. The zero-order valence-corrected chi connectivity index (χ0v) is 13.1. The van der Waals surface area contributed by atoms with Crippen molar-refractivity contribution in [3.05, 3.63) is 35.0 Å². The highest BCUT2D eigenvalue weighted by Gasteiger charge is 2.23. The van der Waals surface area contributed by atoms with Crippen molar-refractivity contribution in [3.63, 3.8) is 0 Å². The number of hydrogen-bond donors (Lipinski definition) is 1. The lowest BCUT2D eigenvalue weighted by molar-refractivity contribution is 0.0627. The topological polar surface area (TPSA) is 40.5 Å². The summed E-state index contributed by atoms with van der Waals surface area (Å²) in [6, 6.07) is 6.45. The number of rotatable bonds is 6. The van der Waals surface area contributed by atoms with E-state index in [1.807, 2.05) is 13.8 Å². The average molecular weight is 309 g/mol. The van der Waals surface area contributed by atoms with E-state index in [0.29, 0.717) is 11.4 Å². The van der Waals surface area contributed by atoms with Gasteiger partial charge in [-0.15, -0.1) is 11.3 Å². The average Bonchev–Trinajstić information content (AvgIpc) is 2.89. The van der Waals surface area contributed by atoms with E-state index in [1.54, 1.807) is 17.0 Å². The lowest BCUT2D eigenvalue weighted by Crippen LogP contribution is -2.41. The minimum atomic E-state index is -0.296. The first kappa shape index (κ1) is 15.9. The Morgan fingerprint density at radius 2 is 2.05 bits per heavy atom.